The minimum atomic E-state index is -0.688. The summed E-state index contributed by atoms with van der Waals surface area (Å²) in [6.45, 7) is 4.80. The third-order valence-corrected chi connectivity index (χ3v) is 3.45. The van der Waals surface area contributed by atoms with Crippen molar-refractivity contribution in [2.24, 2.45) is 0 Å². The van der Waals surface area contributed by atoms with E-state index in [9.17, 15) is 9.59 Å². The smallest absolute Gasteiger partial charge is 0.349 e. The van der Waals surface area contributed by atoms with Gasteiger partial charge in [0.2, 0.25) is 0 Å². The first-order chi connectivity index (χ1) is 11.1. The first-order valence-electron chi connectivity index (χ1n) is 7.71. The fraction of sp³-hybridized carbons (Fsp3) is 0.412. The van der Waals surface area contributed by atoms with Gasteiger partial charge in [-0.3, -0.25) is 4.79 Å². The van der Waals surface area contributed by atoms with Crippen molar-refractivity contribution in [1.82, 2.24) is 4.90 Å². The summed E-state index contributed by atoms with van der Waals surface area (Å²) < 4.78 is 10.8. The van der Waals surface area contributed by atoms with Crippen molar-refractivity contribution in [3.8, 4) is 5.75 Å². The molecule has 0 aliphatic heterocycles. The lowest BCUT2D eigenvalue weighted by Crippen LogP contribution is -2.35. The van der Waals surface area contributed by atoms with E-state index in [0.717, 1.165) is 6.42 Å². The van der Waals surface area contributed by atoms with Crippen LogP contribution in [0.2, 0.25) is 0 Å². The number of aliphatic hydroxyl groups is 1. The highest BCUT2D eigenvalue weighted by Crippen LogP contribution is 2.21. The molecule has 0 aliphatic rings. The summed E-state index contributed by atoms with van der Waals surface area (Å²) in [6, 6.07) is 6.69. The Labute approximate surface area is 134 Å². The van der Waals surface area contributed by atoms with E-state index in [-0.39, 0.29) is 18.7 Å². The van der Waals surface area contributed by atoms with Crippen LogP contribution >= 0.6 is 0 Å². The van der Waals surface area contributed by atoms with E-state index in [1.807, 2.05) is 6.92 Å². The number of hydrogen-bond acceptors (Lipinski definition) is 5. The molecule has 2 aromatic rings. The van der Waals surface area contributed by atoms with Crippen LogP contribution in [0.4, 0.5) is 0 Å². The van der Waals surface area contributed by atoms with Gasteiger partial charge in [-0.05, 0) is 31.5 Å². The van der Waals surface area contributed by atoms with Gasteiger partial charge in [-0.1, -0.05) is 6.92 Å². The van der Waals surface area contributed by atoms with Crippen molar-refractivity contribution < 1.29 is 19.1 Å². The summed E-state index contributed by atoms with van der Waals surface area (Å²) in [5, 5.41) is 9.65. The maximum Gasteiger partial charge on any atom is 0.349 e. The first-order valence-corrected chi connectivity index (χ1v) is 7.71. The fourth-order valence-electron chi connectivity index (χ4n) is 2.24. The van der Waals surface area contributed by atoms with Gasteiger partial charge in [-0.25, -0.2) is 4.79 Å². The Morgan fingerprint density at radius 2 is 2.09 bits per heavy atom. The molecule has 1 heterocycles. The van der Waals surface area contributed by atoms with Crippen LogP contribution in [0.15, 0.2) is 33.5 Å². The van der Waals surface area contributed by atoms with Crippen LogP contribution in [0.3, 0.4) is 0 Å². The Balaban J connectivity index is 2.38. The van der Waals surface area contributed by atoms with Gasteiger partial charge in [0, 0.05) is 24.5 Å². The van der Waals surface area contributed by atoms with Gasteiger partial charge in [0.15, 0.2) is 0 Å². The van der Waals surface area contributed by atoms with Crippen LogP contribution in [0, 0.1) is 0 Å². The lowest BCUT2D eigenvalue weighted by Gasteiger charge is -2.19. The number of benzene rings is 1. The first kappa shape index (κ1) is 17.0. The van der Waals surface area contributed by atoms with E-state index >= 15 is 0 Å². The Bertz CT molecular complexity index is 737. The maximum absolute atomic E-state index is 12.4. The summed E-state index contributed by atoms with van der Waals surface area (Å²) in [6.07, 6.45) is 0.882. The van der Waals surface area contributed by atoms with E-state index in [1.54, 1.807) is 25.1 Å². The van der Waals surface area contributed by atoms with E-state index in [1.165, 1.54) is 11.0 Å². The third-order valence-electron chi connectivity index (χ3n) is 3.45. The van der Waals surface area contributed by atoms with Crippen molar-refractivity contribution in [2.45, 2.75) is 20.3 Å². The molecule has 2 rings (SSSR count). The number of carbonyl (C=O) groups is 1. The van der Waals surface area contributed by atoms with Gasteiger partial charge in [0.1, 0.15) is 16.9 Å². The molecule has 0 spiro atoms. The molecule has 0 saturated carbocycles. The molecule has 0 radical (unpaired) electrons. The minimum absolute atomic E-state index is 0.0324. The molecular formula is C17H21NO5. The lowest BCUT2D eigenvalue weighted by atomic mass is 10.1. The van der Waals surface area contributed by atoms with Gasteiger partial charge < -0.3 is 19.2 Å². The van der Waals surface area contributed by atoms with Crippen molar-refractivity contribution in [3.05, 3.63) is 40.2 Å². The summed E-state index contributed by atoms with van der Waals surface area (Å²) in [5.74, 6) is 0.181. The number of aliphatic hydroxyl groups excluding tert-OH is 1. The van der Waals surface area contributed by atoms with E-state index in [2.05, 4.69) is 0 Å². The van der Waals surface area contributed by atoms with E-state index in [4.69, 9.17) is 14.3 Å². The SMILES string of the molecule is CCCOc1ccc2cc(C(=O)N(CC)CCO)c(=O)oc2c1. The van der Waals surface area contributed by atoms with Gasteiger partial charge in [-0.2, -0.15) is 0 Å². The highest BCUT2D eigenvalue weighted by Gasteiger charge is 2.19. The molecule has 1 aromatic heterocycles. The van der Waals surface area contributed by atoms with Crippen LogP contribution in [0.25, 0.3) is 11.0 Å². The Morgan fingerprint density at radius 1 is 1.30 bits per heavy atom. The van der Waals surface area contributed by atoms with Crippen molar-refractivity contribution >= 4 is 16.9 Å². The number of likely N-dealkylation sites (N-methyl/N-ethyl adjacent to an activating group) is 1. The lowest BCUT2D eigenvalue weighted by molar-refractivity contribution is 0.0728. The molecule has 23 heavy (non-hydrogen) atoms. The summed E-state index contributed by atoms with van der Waals surface area (Å²) in [5.41, 5.74) is -0.341. The predicted octanol–water partition coefficient (Wildman–Crippen LogP) is 2.04. The van der Waals surface area contributed by atoms with Crippen LogP contribution in [0.5, 0.6) is 5.75 Å². The number of carbonyl (C=O) groups excluding carboxylic acids is 1. The predicted molar refractivity (Wildman–Crippen MR) is 86.9 cm³/mol. The zero-order valence-corrected chi connectivity index (χ0v) is 13.4. The molecule has 1 amide bonds. The number of nitrogens with zero attached hydrogens (tertiary/aromatic N) is 1. The minimum Gasteiger partial charge on any atom is -0.493 e. The molecular weight excluding hydrogens is 298 g/mol. The average molecular weight is 319 g/mol. The second-order valence-electron chi connectivity index (χ2n) is 5.10. The molecule has 1 N–H and O–H groups in total. The summed E-state index contributed by atoms with van der Waals surface area (Å²) in [7, 11) is 0. The molecule has 0 unspecified atom stereocenters. The van der Waals surface area contributed by atoms with Crippen molar-refractivity contribution in [3.63, 3.8) is 0 Å². The van der Waals surface area contributed by atoms with E-state index < -0.39 is 11.5 Å². The Morgan fingerprint density at radius 3 is 2.74 bits per heavy atom. The largest absolute Gasteiger partial charge is 0.493 e. The topological polar surface area (TPSA) is 80.0 Å². The molecule has 0 fully saturated rings. The van der Waals surface area contributed by atoms with Gasteiger partial charge in [0.25, 0.3) is 5.91 Å². The molecule has 0 bridgehead atoms. The van der Waals surface area contributed by atoms with Crippen LogP contribution in [-0.4, -0.2) is 42.2 Å². The average Bonchev–Trinajstić information content (AvgIpc) is 2.56. The molecule has 6 heteroatoms. The second kappa shape index (κ2) is 7.78. The summed E-state index contributed by atoms with van der Waals surface area (Å²) >= 11 is 0. The Hall–Kier alpha value is -2.34. The van der Waals surface area contributed by atoms with Crippen molar-refractivity contribution in [2.75, 3.05) is 26.3 Å². The number of ether oxygens (including phenoxy) is 1. The molecule has 0 atom stereocenters. The molecule has 1 aromatic carbocycles. The highest BCUT2D eigenvalue weighted by molar-refractivity contribution is 5.96. The quantitative estimate of drug-likeness (QED) is 0.790. The normalized spacial score (nSPS) is 10.7. The van der Waals surface area contributed by atoms with Crippen LogP contribution in [0.1, 0.15) is 30.6 Å². The van der Waals surface area contributed by atoms with Crippen LogP contribution < -0.4 is 10.4 Å². The summed E-state index contributed by atoms with van der Waals surface area (Å²) in [4.78, 5) is 25.9. The van der Waals surface area contributed by atoms with Gasteiger partial charge >= 0.3 is 5.63 Å². The zero-order valence-electron chi connectivity index (χ0n) is 13.4. The van der Waals surface area contributed by atoms with Gasteiger partial charge in [0.05, 0.1) is 13.2 Å². The fourth-order valence-corrected chi connectivity index (χ4v) is 2.24. The van der Waals surface area contributed by atoms with Gasteiger partial charge in [-0.15, -0.1) is 0 Å². The molecule has 6 nitrogen and oxygen atoms in total. The number of amides is 1. The standard InChI is InChI=1S/C17H21NO5/c1-3-9-22-13-6-5-12-10-14(17(21)23-15(12)11-13)16(20)18(4-2)7-8-19/h5-6,10-11,19H,3-4,7-9H2,1-2H3. The highest BCUT2D eigenvalue weighted by atomic mass is 16.5. The third kappa shape index (κ3) is 3.90. The molecule has 0 saturated heterocycles. The number of fused-ring (bicyclic) bond motifs is 1. The zero-order chi connectivity index (χ0) is 16.8. The second-order valence-corrected chi connectivity index (χ2v) is 5.10. The molecule has 124 valence electrons. The number of rotatable bonds is 7. The molecule has 0 aliphatic carbocycles. The monoisotopic (exact) mass is 319 g/mol. The number of hydrogen-bond donors (Lipinski definition) is 1. The Kier molecular flexibility index (Phi) is 5.76. The van der Waals surface area contributed by atoms with E-state index in [0.29, 0.717) is 29.9 Å². The maximum atomic E-state index is 12.4. The van der Waals surface area contributed by atoms with Crippen molar-refractivity contribution in [1.29, 1.82) is 0 Å². The van der Waals surface area contributed by atoms with Crippen LogP contribution in [-0.2, 0) is 0 Å².